The average molecular weight is 375 g/mol. The molecular weight excluding hydrogens is 346 g/mol. The third-order valence-corrected chi connectivity index (χ3v) is 4.78. The van der Waals surface area contributed by atoms with Crippen LogP contribution in [0.2, 0.25) is 0 Å². The standard InChI is InChI=1S/C19H29N5O3/c20-9-8-17(25)24-10-4-7-16(24)18(26)14(21)11-15(22)19(27)23-12-13-5-2-1-3-6-13/h1-3,5-6,14-16H,4,7-12,20-22H2,(H,23,27)/t14?,15-,16-/m0/s1. The summed E-state index contributed by atoms with van der Waals surface area (Å²) in [6.45, 7) is 1.14. The van der Waals surface area contributed by atoms with Gasteiger partial charge in [0.25, 0.3) is 0 Å². The zero-order valence-corrected chi connectivity index (χ0v) is 15.5. The second-order valence-corrected chi connectivity index (χ2v) is 6.84. The van der Waals surface area contributed by atoms with Crippen molar-refractivity contribution in [2.24, 2.45) is 17.2 Å². The Morgan fingerprint density at radius 2 is 1.85 bits per heavy atom. The van der Waals surface area contributed by atoms with Gasteiger partial charge in [-0.05, 0) is 24.8 Å². The zero-order chi connectivity index (χ0) is 19.8. The highest BCUT2D eigenvalue weighted by Crippen LogP contribution is 2.20. The fourth-order valence-electron chi connectivity index (χ4n) is 3.29. The van der Waals surface area contributed by atoms with Crippen LogP contribution in [0.25, 0.3) is 0 Å². The van der Waals surface area contributed by atoms with Crippen LogP contribution < -0.4 is 22.5 Å². The van der Waals surface area contributed by atoms with Crippen molar-refractivity contribution in [3.05, 3.63) is 35.9 Å². The Morgan fingerprint density at radius 3 is 2.52 bits per heavy atom. The Labute approximate surface area is 159 Å². The first-order valence-electron chi connectivity index (χ1n) is 9.30. The molecule has 2 rings (SSSR count). The molecule has 7 N–H and O–H groups in total. The first kappa shape index (κ1) is 21.0. The molecule has 0 aromatic heterocycles. The summed E-state index contributed by atoms with van der Waals surface area (Å²) in [7, 11) is 0. The van der Waals surface area contributed by atoms with E-state index < -0.39 is 18.1 Å². The number of Topliss-reactive ketones (excluding diaryl/α,β-unsaturated/α-hetero) is 1. The van der Waals surface area contributed by atoms with Crippen molar-refractivity contribution in [1.29, 1.82) is 0 Å². The first-order chi connectivity index (χ1) is 12.9. The predicted octanol–water partition coefficient (Wildman–Crippen LogP) is -0.744. The fraction of sp³-hybridized carbons (Fsp3) is 0.526. The largest absolute Gasteiger partial charge is 0.351 e. The molecule has 0 aliphatic carbocycles. The molecule has 3 atom stereocenters. The third kappa shape index (κ3) is 5.85. The average Bonchev–Trinajstić information content (AvgIpc) is 3.16. The molecule has 1 aliphatic rings. The number of carbonyl (C=O) groups excluding carboxylic acids is 3. The molecule has 1 saturated heterocycles. The fourth-order valence-corrected chi connectivity index (χ4v) is 3.29. The van der Waals surface area contributed by atoms with E-state index >= 15 is 0 Å². The summed E-state index contributed by atoms with van der Waals surface area (Å²) in [6, 6.07) is 7.14. The van der Waals surface area contributed by atoms with Crippen molar-refractivity contribution in [3.8, 4) is 0 Å². The van der Waals surface area contributed by atoms with Crippen molar-refractivity contribution in [2.75, 3.05) is 13.1 Å². The van der Waals surface area contributed by atoms with E-state index in [4.69, 9.17) is 17.2 Å². The number of nitrogens with two attached hydrogens (primary N) is 3. The summed E-state index contributed by atoms with van der Waals surface area (Å²) in [5.41, 5.74) is 18.3. The van der Waals surface area contributed by atoms with E-state index in [9.17, 15) is 14.4 Å². The molecule has 1 unspecified atom stereocenters. The molecule has 27 heavy (non-hydrogen) atoms. The summed E-state index contributed by atoms with van der Waals surface area (Å²) in [6.07, 6.45) is 1.58. The summed E-state index contributed by atoms with van der Waals surface area (Å²) in [5.74, 6) is -0.737. The minimum atomic E-state index is -0.890. The summed E-state index contributed by atoms with van der Waals surface area (Å²) >= 11 is 0. The van der Waals surface area contributed by atoms with Crippen molar-refractivity contribution >= 4 is 17.6 Å². The van der Waals surface area contributed by atoms with Crippen molar-refractivity contribution in [1.82, 2.24) is 10.2 Å². The van der Waals surface area contributed by atoms with Gasteiger partial charge in [0.15, 0.2) is 5.78 Å². The first-order valence-corrected chi connectivity index (χ1v) is 9.30. The van der Waals surface area contributed by atoms with Crippen LogP contribution in [0.15, 0.2) is 30.3 Å². The Morgan fingerprint density at radius 1 is 1.15 bits per heavy atom. The molecule has 1 fully saturated rings. The van der Waals surface area contributed by atoms with Gasteiger partial charge in [-0.1, -0.05) is 30.3 Å². The summed E-state index contributed by atoms with van der Waals surface area (Å²) < 4.78 is 0. The normalized spacial score (nSPS) is 18.8. The summed E-state index contributed by atoms with van der Waals surface area (Å²) in [4.78, 5) is 38.5. The van der Waals surface area contributed by atoms with Crippen LogP contribution >= 0.6 is 0 Å². The molecule has 1 aliphatic heterocycles. The minimum Gasteiger partial charge on any atom is -0.351 e. The Bertz CT molecular complexity index is 652. The maximum atomic E-state index is 12.7. The van der Waals surface area contributed by atoms with E-state index in [0.717, 1.165) is 12.0 Å². The highest BCUT2D eigenvalue weighted by atomic mass is 16.2. The maximum absolute atomic E-state index is 12.7. The molecule has 0 saturated carbocycles. The number of nitrogens with zero attached hydrogens (tertiary/aromatic N) is 1. The molecule has 8 heteroatoms. The van der Waals surface area contributed by atoms with Crippen LogP contribution in [0, 0.1) is 0 Å². The number of likely N-dealkylation sites (tertiary alicyclic amines) is 1. The lowest BCUT2D eigenvalue weighted by Gasteiger charge is -2.26. The lowest BCUT2D eigenvalue weighted by atomic mass is 9.97. The van der Waals surface area contributed by atoms with Gasteiger partial charge in [0, 0.05) is 26.1 Å². The van der Waals surface area contributed by atoms with Crippen LogP contribution in [-0.4, -0.2) is 53.7 Å². The number of carbonyl (C=O) groups is 3. The molecular formula is C19H29N5O3. The second kappa shape index (κ2) is 10.1. The Balaban J connectivity index is 1.85. The van der Waals surface area contributed by atoms with Crippen LogP contribution in [0.1, 0.15) is 31.2 Å². The maximum Gasteiger partial charge on any atom is 0.237 e. The zero-order valence-electron chi connectivity index (χ0n) is 15.5. The van der Waals surface area contributed by atoms with Gasteiger partial charge in [0.1, 0.15) is 0 Å². The number of nitrogens with one attached hydrogen (secondary N) is 1. The number of hydrogen-bond donors (Lipinski definition) is 4. The van der Waals surface area contributed by atoms with Gasteiger partial charge in [-0.3, -0.25) is 14.4 Å². The molecule has 1 aromatic carbocycles. The highest BCUT2D eigenvalue weighted by molar-refractivity contribution is 5.93. The van der Waals surface area contributed by atoms with E-state index in [1.807, 2.05) is 30.3 Å². The molecule has 0 radical (unpaired) electrons. The van der Waals surface area contributed by atoms with Gasteiger partial charge in [-0.25, -0.2) is 0 Å². The van der Waals surface area contributed by atoms with Crippen molar-refractivity contribution in [2.45, 2.75) is 50.4 Å². The monoisotopic (exact) mass is 375 g/mol. The second-order valence-electron chi connectivity index (χ2n) is 6.84. The molecule has 8 nitrogen and oxygen atoms in total. The minimum absolute atomic E-state index is 0.0366. The number of benzene rings is 1. The third-order valence-electron chi connectivity index (χ3n) is 4.78. The molecule has 0 bridgehead atoms. The van der Waals surface area contributed by atoms with Crippen molar-refractivity contribution in [3.63, 3.8) is 0 Å². The van der Waals surface area contributed by atoms with Crippen molar-refractivity contribution < 1.29 is 14.4 Å². The van der Waals surface area contributed by atoms with E-state index in [1.165, 1.54) is 0 Å². The van der Waals surface area contributed by atoms with Gasteiger partial charge < -0.3 is 27.4 Å². The van der Waals surface area contributed by atoms with E-state index in [2.05, 4.69) is 5.32 Å². The number of amides is 2. The predicted molar refractivity (Wildman–Crippen MR) is 102 cm³/mol. The quantitative estimate of drug-likeness (QED) is 0.447. The Kier molecular flexibility index (Phi) is 7.90. The van der Waals surface area contributed by atoms with Gasteiger partial charge in [-0.15, -0.1) is 0 Å². The SMILES string of the molecule is NCCC(=O)N1CCC[C@H]1C(=O)C(N)C[C@H](N)C(=O)NCc1ccccc1. The number of ketones is 1. The van der Waals surface area contributed by atoms with Crippen LogP contribution in [0.4, 0.5) is 0 Å². The number of hydrogen-bond acceptors (Lipinski definition) is 6. The molecule has 1 aromatic rings. The van der Waals surface area contributed by atoms with E-state index in [1.54, 1.807) is 4.90 Å². The van der Waals surface area contributed by atoms with E-state index in [-0.39, 0.29) is 37.0 Å². The molecule has 148 valence electrons. The van der Waals surface area contributed by atoms with Crippen LogP contribution in [-0.2, 0) is 20.9 Å². The molecule has 0 spiro atoms. The topological polar surface area (TPSA) is 145 Å². The van der Waals surface area contributed by atoms with Gasteiger partial charge in [0.05, 0.1) is 18.1 Å². The summed E-state index contributed by atoms with van der Waals surface area (Å²) in [5, 5.41) is 2.75. The lowest BCUT2D eigenvalue weighted by Crippen LogP contribution is -2.51. The van der Waals surface area contributed by atoms with Gasteiger partial charge in [0.2, 0.25) is 11.8 Å². The van der Waals surface area contributed by atoms with Crippen LogP contribution in [0.5, 0.6) is 0 Å². The number of rotatable bonds is 9. The smallest absolute Gasteiger partial charge is 0.237 e. The molecule has 2 amide bonds. The van der Waals surface area contributed by atoms with Gasteiger partial charge in [-0.2, -0.15) is 0 Å². The highest BCUT2D eigenvalue weighted by Gasteiger charge is 2.36. The van der Waals surface area contributed by atoms with Crippen LogP contribution in [0.3, 0.4) is 0 Å². The lowest BCUT2D eigenvalue weighted by molar-refractivity contribution is -0.138. The van der Waals surface area contributed by atoms with E-state index in [0.29, 0.717) is 19.5 Å². The van der Waals surface area contributed by atoms with Gasteiger partial charge >= 0.3 is 0 Å². The Hall–Kier alpha value is -2.29. The molecule has 1 heterocycles.